The third kappa shape index (κ3) is 4.70. The lowest BCUT2D eigenvalue weighted by molar-refractivity contribution is 0.271. The maximum atomic E-state index is 5.73. The van der Waals surface area contributed by atoms with Crippen molar-refractivity contribution in [2.75, 3.05) is 6.61 Å². The predicted molar refractivity (Wildman–Crippen MR) is 80.5 cm³/mol. The van der Waals surface area contributed by atoms with Gasteiger partial charge in [0.15, 0.2) is 0 Å². The summed E-state index contributed by atoms with van der Waals surface area (Å²) in [5.41, 5.74) is 2.28. The number of rotatable bonds is 7. The Labute approximate surface area is 120 Å². The van der Waals surface area contributed by atoms with Crippen molar-refractivity contribution in [2.24, 2.45) is 13.0 Å². The van der Waals surface area contributed by atoms with Gasteiger partial charge in [-0.2, -0.15) is 5.10 Å². The van der Waals surface area contributed by atoms with Gasteiger partial charge in [-0.15, -0.1) is 0 Å². The number of hydrogen-bond donors (Lipinski definition) is 1. The molecule has 1 aromatic heterocycles. The van der Waals surface area contributed by atoms with Crippen LogP contribution in [-0.2, 0) is 20.1 Å². The van der Waals surface area contributed by atoms with Crippen LogP contribution in [-0.4, -0.2) is 16.4 Å². The predicted octanol–water partition coefficient (Wildman–Crippen LogP) is 2.74. The van der Waals surface area contributed by atoms with Crippen molar-refractivity contribution >= 4 is 0 Å². The number of ether oxygens (including phenoxy) is 1. The summed E-state index contributed by atoms with van der Waals surface area (Å²) in [7, 11) is 1.93. The van der Waals surface area contributed by atoms with Crippen LogP contribution in [0.2, 0.25) is 0 Å². The molecule has 4 nitrogen and oxygen atoms in total. The van der Waals surface area contributed by atoms with Crippen molar-refractivity contribution in [2.45, 2.75) is 26.9 Å². The Morgan fingerprint density at radius 2 is 2.10 bits per heavy atom. The minimum Gasteiger partial charge on any atom is -0.493 e. The first-order chi connectivity index (χ1) is 9.63. The fourth-order valence-electron chi connectivity index (χ4n) is 1.90. The van der Waals surface area contributed by atoms with Gasteiger partial charge in [0.1, 0.15) is 5.75 Å². The van der Waals surface area contributed by atoms with Crippen LogP contribution >= 0.6 is 0 Å². The highest BCUT2D eigenvalue weighted by Gasteiger charge is 2.00. The highest BCUT2D eigenvalue weighted by molar-refractivity contribution is 5.28. The lowest BCUT2D eigenvalue weighted by atomic mass is 10.2. The molecule has 0 unspecified atom stereocenters. The summed E-state index contributed by atoms with van der Waals surface area (Å²) >= 11 is 0. The molecule has 0 fully saturated rings. The molecule has 0 aliphatic carbocycles. The van der Waals surface area contributed by atoms with E-state index in [9.17, 15) is 0 Å². The zero-order chi connectivity index (χ0) is 14.4. The molecule has 1 aromatic carbocycles. The van der Waals surface area contributed by atoms with Gasteiger partial charge in [-0.25, -0.2) is 0 Å². The van der Waals surface area contributed by atoms with E-state index in [1.165, 1.54) is 5.56 Å². The first kappa shape index (κ1) is 14.6. The summed E-state index contributed by atoms with van der Waals surface area (Å²) in [6.45, 7) is 6.65. The van der Waals surface area contributed by atoms with Gasteiger partial charge in [0, 0.05) is 26.3 Å². The van der Waals surface area contributed by atoms with Gasteiger partial charge in [-0.05, 0) is 29.7 Å². The van der Waals surface area contributed by atoms with Crippen LogP contribution in [0.3, 0.4) is 0 Å². The maximum Gasteiger partial charge on any atom is 0.119 e. The fraction of sp³-hybridized carbons (Fsp3) is 0.438. The van der Waals surface area contributed by atoms with E-state index < -0.39 is 0 Å². The highest BCUT2D eigenvalue weighted by atomic mass is 16.5. The fourth-order valence-corrected chi connectivity index (χ4v) is 1.90. The summed E-state index contributed by atoms with van der Waals surface area (Å²) in [6, 6.07) is 10.3. The Morgan fingerprint density at radius 1 is 1.25 bits per heavy atom. The third-order valence-corrected chi connectivity index (χ3v) is 2.89. The smallest absolute Gasteiger partial charge is 0.119 e. The molecule has 1 heterocycles. The van der Waals surface area contributed by atoms with Crippen LogP contribution in [0.25, 0.3) is 0 Å². The largest absolute Gasteiger partial charge is 0.493 e. The molecule has 0 aliphatic heterocycles. The quantitative estimate of drug-likeness (QED) is 0.843. The van der Waals surface area contributed by atoms with E-state index in [0.717, 1.165) is 31.1 Å². The summed E-state index contributed by atoms with van der Waals surface area (Å²) in [4.78, 5) is 0. The van der Waals surface area contributed by atoms with E-state index >= 15 is 0 Å². The number of hydrogen-bond acceptors (Lipinski definition) is 3. The summed E-state index contributed by atoms with van der Waals surface area (Å²) in [5, 5.41) is 7.73. The monoisotopic (exact) mass is 273 g/mol. The van der Waals surface area contributed by atoms with Crippen molar-refractivity contribution in [1.82, 2.24) is 15.1 Å². The molecule has 4 heteroatoms. The molecule has 2 rings (SSSR count). The molecule has 0 bridgehead atoms. The lowest BCUT2D eigenvalue weighted by Crippen LogP contribution is -2.13. The van der Waals surface area contributed by atoms with Crippen molar-refractivity contribution < 1.29 is 4.74 Å². The molecule has 108 valence electrons. The molecule has 0 saturated carbocycles. The van der Waals surface area contributed by atoms with Gasteiger partial charge in [0.25, 0.3) is 0 Å². The Kier molecular flexibility index (Phi) is 5.18. The molecule has 0 radical (unpaired) electrons. The molecule has 2 aromatic rings. The molecular formula is C16H23N3O. The van der Waals surface area contributed by atoms with Crippen LogP contribution in [0.1, 0.15) is 25.1 Å². The number of aryl methyl sites for hydroxylation is 1. The lowest BCUT2D eigenvalue weighted by Gasteiger charge is -2.10. The van der Waals surface area contributed by atoms with E-state index in [-0.39, 0.29) is 0 Å². The topological polar surface area (TPSA) is 39.1 Å². The maximum absolute atomic E-state index is 5.73. The molecule has 0 atom stereocenters. The van der Waals surface area contributed by atoms with Gasteiger partial charge >= 0.3 is 0 Å². The first-order valence-electron chi connectivity index (χ1n) is 7.04. The molecule has 0 aliphatic rings. The average Bonchev–Trinajstić information content (AvgIpc) is 2.83. The Balaban J connectivity index is 1.81. The van der Waals surface area contributed by atoms with Gasteiger partial charge in [-0.3, -0.25) is 4.68 Å². The molecule has 20 heavy (non-hydrogen) atoms. The van der Waals surface area contributed by atoms with E-state index in [0.29, 0.717) is 5.92 Å². The zero-order valence-corrected chi connectivity index (χ0v) is 12.5. The van der Waals surface area contributed by atoms with Crippen LogP contribution in [0, 0.1) is 5.92 Å². The van der Waals surface area contributed by atoms with Gasteiger partial charge in [0.05, 0.1) is 12.3 Å². The van der Waals surface area contributed by atoms with E-state index in [1.54, 1.807) is 0 Å². The van der Waals surface area contributed by atoms with Gasteiger partial charge < -0.3 is 10.1 Å². The van der Waals surface area contributed by atoms with Crippen molar-refractivity contribution in [1.29, 1.82) is 0 Å². The van der Waals surface area contributed by atoms with Crippen LogP contribution in [0.15, 0.2) is 36.5 Å². The molecule has 0 amide bonds. The molecule has 0 spiro atoms. The molecular weight excluding hydrogens is 250 g/mol. The highest BCUT2D eigenvalue weighted by Crippen LogP contribution is 2.14. The minimum absolute atomic E-state index is 0.543. The number of benzene rings is 1. The molecule has 1 N–H and O–H groups in total. The van der Waals surface area contributed by atoms with Crippen LogP contribution < -0.4 is 10.1 Å². The number of aromatic nitrogens is 2. The minimum atomic E-state index is 0.543. The summed E-state index contributed by atoms with van der Waals surface area (Å²) < 4.78 is 7.55. The van der Waals surface area contributed by atoms with Gasteiger partial charge in [0.2, 0.25) is 0 Å². The first-order valence-corrected chi connectivity index (χ1v) is 7.04. The Hall–Kier alpha value is -1.81. The second-order valence-electron chi connectivity index (χ2n) is 5.44. The van der Waals surface area contributed by atoms with E-state index in [4.69, 9.17) is 4.74 Å². The van der Waals surface area contributed by atoms with E-state index in [1.807, 2.05) is 36.1 Å². The zero-order valence-electron chi connectivity index (χ0n) is 12.5. The third-order valence-electron chi connectivity index (χ3n) is 2.89. The second kappa shape index (κ2) is 7.10. The molecule has 0 saturated heterocycles. The Morgan fingerprint density at radius 3 is 2.80 bits per heavy atom. The van der Waals surface area contributed by atoms with Crippen LogP contribution in [0.5, 0.6) is 5.75 Å². The standard InChI is InChI=1S/C16H23N3O/c1-13(2)12-20-16-6-4-5-14(9-16)10-17-11-15-7-8-19(3)18-15/h4-9,13,17H,10-12H2,1-3H3. The van der Waals surface area contributed by atoms with Crippen LogP contribution in [0.4, 0.5) is 0 Å². The second-order valence-corrected chi connectivity index (χ2v) is 5.44. The van der Waals surface area contributed by atoms with E-state index in [2.05, 4.69) is 36.4 Å². The van der Waals surface area contributed by atoms with Crippen molar-refractivity contribution in [3.63, 3.8) is 0 Å². The number of nitrogens with one attached hydrogen (secondary N) is 1. The SMILES string of the molecule is CC(C)COc1cccc(CNCc2ccn(C)n2)c1. The van der Waals surface area contributed by atoms with Crippen molar-refractivity contribution in [3.05, 3.63) is 47.8 Å². The number of nitrogens with zero attached hydrogens (tertiary/aromatic N) is 2. The summed E-state index contributed by atoms with van der Waals surface area (Å²) in [5.74, 6) is 1.48. The van der Waals surface area contributed by atoms with Gasteiger partial charge in [-0.1, -0.05) is 26.0 Å². The van der Waals surface area contributed by atoms with Crippen molar-refractivity contribution in [3.8, 4) is 5.75 Å². The normalized spacial score (nSPS) is 11.0. The Bertz CT molecular complexity index is 534. The average molecular weight is 273 g/mol. The summed E-state index contributed by atoms with van der Waals surface area (Å²) in [6.07, 6.45) is 1.96.